The van der Waals surface area contributed by atoms with Gasteiger partial charge in [-0.3, -0.25) is 0 Å². The highest BCUT2D eigenvalue weighted by Crippen LogP contribution is 1.85. The van der Waals surface area contributed by atoms with Gasteiger partial charge >= 0.3 is 5.97 Å². The number of ether oxygens (including phenoxy) is 1. The molecule has 1 radical (unpaired) electrons. The molecule has 57 valence electrons. The largest absolute Gasteiger partial charge is 0.463 e. The van der Waals surface area contributed by atoms with Crippen LogP contribution in [0.1, 0.15) is 19.8 Å². The molecule has 0 aliphatic rings. The zero-order chi connectivity index (χ0) is 7.82. The Morgan fingerprint density at radius 1 is 1.70 bits per heavy atom. The van der Waals surface area contributed by atoms with E-state index < -0.39 is 0 Å². The highest BCUT2D eigenvalue weighted by atomic mass is 16.5. The van der Waals surface area contributed by atoms with Gasteiger partial charge in [0.15, 0.2) is 0 Å². The summed E-state index contributed by atoms with van der Waals surface area (Å²) < 4.78 is 4.70. The van der Waals surface area contributed by atoms with Crippen molar-refractivity contribution in [1.29, 1.82) is 0 Å². The van der Waals surface area contributed by atoms with Crippen LogP contribution in [-0.4, -0.2) is 12.6 Å². The van der Waals surface area contributed by atoms with Gasteiger partial charge in [-0.2, -0.15) is 0 Å². The second kappa shape index (κ2) is 6.33. The van der Waals surface area contributed by atoms with Crippen molar-refractivity contribution in [3.63, 3.8) is 0 Å². The molecule has 0 spiro atoms. The van der Waals surface area contributed by atoms with Crippen LogP contribution in [0.4, 0.5) is 0 Å². The van der Waals surface area contributed by atoms with Crippen LogP contribution in [0.25, 0.3) is 0 Å². The summed E-state index contributed by atoms with van der Waals surface area (Å²) in [4.78, 5) is 10.6. The molecule has 0 aromatic carbocycles. The Morgan fingerprint density at radius 2 is 2.40 bits per heavy atom. The van der Waals surface area contributed by atoms with Gasteiger partial charge in [-0.1, -0.05) is 13.0 Å². The fraction of sp³-hybridized carbons (Fsp3) is 0.500. The molecule has 10 heavy (non-hydrogen) atoms. The molecule has 2 heteroatoms. The summed E-state index contributed by atoms with van der Waals surface area (Å²) in [6.45, 7) is 5.91. The molecule has 0 aromatic rings. The molecule has 0 aliphatic heterocycles. The molecule has 0 saturated heterocycles. The van der Waals surface area contributed by atoms with Gasteiger partial charge in [0.25, 0.3) is 0 Å². The van der Waals surface area contributed by atoms with Crippen molar-refractivity contribution in [2.75, 3.05) is 6.61 Å². The van der Waals surface area contributed by atoms with Gasteiger partial charge in [0.05, 0.1) is 6.61 Å². The van der Waals surface area contributed by atoms with Gasteiger partial charge in [-0.05, 0) is 19.8 Å². The highest BCUT2D eigenvalue weighted by molar-refractivity contribution is 5.81. The summed E-state index contributed by atoms with van der Waals surface area (Å²) in [5, 5.41) is 0. The lowest BCUT2D eigenvalue weighted by Crippen LogP contribution is -2.00. The summed E-state index contributed by atoms with van der Waals surface area (Å²) >= 11 is 0. The Bertz CT molecular complexity index is 116. The molecule has 0 rings (SSSR count). The van der Waals surface area contributed by atoms with Crippen LogP contribution in [0.5, 0.6) is 0 Å². The molecule has 0 bridgehead atoms. The maximum absolute atomic E-state index is 10.6. The average Bonchev–Trinajstić information content (AvgIpc) is 1.97. The van der Waals surface area contributed by atoms with E-state index in [0.29, 0.717) is 13.0 Å². The van der Waals surface area contributed by atoms with Gasteiger partial charge < -0.3 is 4.74 Å². The van der Waals surface area contributed by atoms with Gasteiger partial charge in [0.2, 0.25) is 0 Å². The van der Waals surface area contributed by atoms with Crippen LogP contribution in [0.3, 0.4) is 0 Å². The molecule has 0 unspecified atom stereocenters. The van der Waals surface area contributed by atoms with E-state index in [1.54, 1.807) is 6.08 Å². The number of allylic oxidation sites excluding steroid dienone is 1. The smallest absolute Gasteiger partial charge is 0.330 e. The predicted molar refractivity (Wildman–Crippen MR) is 40.4 cm³/mol. The summed E-state index contributed by atoms with van der Waals surface area (Å²) in [5.41, 5.74) is 0. The topological polar surface area (TPSA) is 26.3 Å². The molecule has 0 heterocycles. The van der Waals surface area contributed by atoms with E-state index in [2.05, 4.69) is 6.92 Å². The van der Waals surface area contributed by atoms with Crippen LogP contribution in [0, 0.1) is 6.92 Å². The van der Waals surface area contributed by atoms with Crippen molar-refractivity contribution in [3.05, 3.63) is 19.1 Å². The van der Waals surface area contributed by atoms with Gasteiger partial charge in [-0.25, -0.2) is 4.79 Å². The molecular formula is C8H13O2. The summed E-state index contributed by atoms with van der Waals surface area (Å²) in [6.07, 6.45) is 4.70. The average molecular weight is 141 g/mol. The van der Waals surface area contributed by atoms with Crippen LogP contribution in [-0.2, 0) is 9.53 Å². The number of carbonyl (C=O) groups excluding carboxylic acids is 1. The summed E-state index contributed by atoms with van der Waals surface area (Å²) in [5.74, 6) is -0.273. The molecule has 0 aromatic heterocycles. The van der Waals surface area contributed by atoms with E-state index in [1.807, 2.05) is 6.92 Å². The Morgan fingerprint density at radius 3 is 2.90 bits per heavy atom. The molecule has 0 aliphatic carbocycles. The lowest BCUT2D eigenvalue weighted by atomic mass is 10.4. The fourth-order valence-corrected chi connectivity index (χ4v) is 0.435. The van der Waals surface area contributed by atoms with E-state index in [1.165, 1.54) is 6.08 Å². The predicted octanol–water partition coefficient (Wildman–Crippen LogP) is 1.72. The van der Waals surface area contributed by atoms with Crippen molar-refractivity contribution in [1.82, 2.24) is 0 Å². The van der Waals surface area contributed by atoms with Crippen molar-refractivity contribution in [3.8, 4) is 0 Å². The minimum Gasteiger partial charge on any atom is -0.463 e. The highest BCUT2D eigenvalue weighted by Gasteiger charge is 1.91. The van der Waals surface area contributed by atoms with E-state index in [9.17, 15) is 4.79 Å². The Kier molecular flexibility index (Phi) is 5.83. The van der Waals surface area contributed by atoms with Crippen LogP contribution in [0.15, 0.2) is 12.2 Å². The monoisotopic (exact) mass is 141 g/mol. The second-order valence-electron chi connectivity index (χ2n) is 1.83. The minimum absolute atomic E-state index is 0.273. The summed E-state index contributed by atoms with van der Waals surface area (Å²) in [7, 11) is 0. The van der Waals surface area contributed by atoms with E-state index in [4.69, 9.17) is 4.74 Å². The maximum Gasteiger partial charge on any atom is 0.330 e. The third-order valence-electron chi connectivity index (χ3n) is 0.878. The normalized spacial score (nSPS) is 10.2. The standard InChI is InChI=1S/C8H13O2/c1-3-5-6-8(9)10-7-4-2/h5-6H,2-4,7H2,1H3/b6-5+. The van der Waals surface area contributed by atoms with E-state index in [-0.39, 0.29) is 5.97 Å². The second-order valence-corrected chi connectivity index (χ2v) is 1.83. The molecular weight excluding hydrogens is 128 g/mol. The van der Waals surface area contributed by atoms with Crippen LogP contribution >= 0.6 is 0 Å². The molecule has 0 fully saturated rings. The third kappa shape index (κ3) is 5.35. The quantitative estimate of drug-likeness (QED) is 0.440. The first-order chi connectivity index (χ1) is 4.81. The molecule has 0 amide bonds. The third-order valence-corrected chi connectivity index (χ3v) is 0.878. The van der Waals surface area contributed by atoms with Gasteiger partial charge in [0.1, 0.15) is 0 Å². The van der Waals surface area contributed by atoms with Crippen molar-refractivity contribution >= 4 is 5.97 Å². The fourth-order valence-electron chi connectivity index (χ4n) is 0.435. The SMILES string of the molecule is [CH2]CCOC(=O)/C=C/CC. The lowest BCUT2D eigenvalue weighted by Gasteiger charge is -1.95. The number of carbonyl (C=O) groups is 1. The number of hydrogen-bond acceptors (Lipinski definition) is 2. The van der Waals surface area contributed by atoms with Gasteiger partial charge in [0, 0.05) is 6.08 Å². The Labute approximate surface area is 61.9 Å². The number of hydrogen-bond donors (Lipinski definition) is 0. The first-order valence-corrected chi connectivity index (χ1v) is 3.43. The molecule has 0 saturated carbocycles. The van der Waals surface area contributed by atoms with Gasteiger partial charge in [-0.15, -0.1) is 0 Å². The zero-order valence-electron chi connectivity index (χ0n) is 6.30. The zero-order valence-corrected chi connectivity index (χ0v) is 6.30. The molecule has 0 atom stereocenters. The van der Waals surface area contributed by atoms with Crippen molar-refractivity contribution in [2.24, 2.45) is 0 Å². The number of esters is 1. The van der Waals surface area contributed by atoms with Crippen LogP contribution < -0.4 is 0 Å². The summed E-state index contributed by atoms with van der Waals surface area (Å²) in [6, 6.07) is 0. The first kappa shape index (κ1) is 9.21. The first-order valence-electron chi connectivity index (χ1n) is 3.43. The van der Waals surface area contributed by atoms with Crippen molar-refractivity contribution < 1.29 is 9.53 Å². The number of rotatable bonds is 4. The van der Waals surface area contributed by atoms with Crippen LogP contribution in [0.2, 0.25) is 0 Å². The maximum atomic E-state index is 10.6. The Hall–Kier alpha value is -0.790. The van der Waals surface area contributed by atoms with Crippen molar-refractivity contribution in [2.45, 2.75) is 19.8 Å². The minimum atomic E-state index is -0.273. The Balaban J connectivity index is 3.34. The van der Waals surface area contributed by atoms with E-state index >= 15 is 0 Å². The van der Waals surface area contributed by atoms with E-state index in [0.717, 1.165) is 6.42 Å². The molecule has 0 N–H and O–H groups in total. The lowest BCUT2D eigenvalue weighted by molar-refractivity contribution is -0.137. The molecule has 2 nitrogen and oxygen atoms in total.